The Hall–Kier alpha value is -1.95. The molecule has 1 N–H and O–H groups in total. The van der Waals surface area contributed by atoms with Gasteiger partial charge in [0.25, 0.3) is 5.91 Å². The lowest BCUT2D eigenvalue weighted by molar-refractivity contribution is 0.0952. The minimum absolute atomic E-state index is 0.00711. The van der Waals surface area contributed by atoms with E-state index in [2.05, 4.69) is 15.1 Å². The molecule has 1 amide bonds. The lowest BCUT2D eigenvalue weighted by Gasteiger charge is -2.36. The van der Waals surface area contributed by atoms with Gasteiger partial charge in [-0.3, -0.25) is 9.69 Å². The third-order valence-electron chi connectivity index (χ3n) is 5.48. The van der Waals surface area contributed by atoms with Crippen LogP contribution in [0.4, 0.5) is 11.4 Å². The maximum atomic E-state index is 12.3. The smallest absolute Gasteiger partial charge is 0.251 e. The molecule has 0 saturated carbocycles. The van der Waals surface area contributed by atoms with E-state index < -0.39 is 0 Å². The van der Waals surface area contributed by atoms with Crippen molar-refractivity contribution in [1.29, 1.82) is 0 Å². The molecule has 0 spiro atoms. The number of hydrogen-bond acceptors (Lipinski definition) is 4. The summed E-state index contributed by atoms with van der Waals surface area (Å²) in [5.41, 5.74) is 2.81. The van der Waals surface area contributed by atoms with Crippen molar-refractivity contribution >= 4 is 40.5 Å². The van der Waals surface area contributed by atoms with E-state index in [0.717, 1.165) is 56.9 Å². The molecule has 0 radical (unpaired) electrons. The highest BCUT2D eigenvalue weighted by atomic mass is 35.5. The fraction of sp³-hybridized carbons (Fsp3) is 0.435. The molecule has 1 fully saturated rings. The summed E-state index contributed by atoms with van der Waals surface area (Å²) in [5, 5.41) is 4.26. The van der Waals surface area contributed by atoms with Gasteiger partial charge in [0.05, 0.1) is 15.7 Å². The van der Waals surface area contributed by atoms with Crippen LogP contribution in [-0.4, -0.2) is 64.2 Å². The number of piperazine rings is 1. The average Bonchev–Trinajstić information content (AvgIpc) is 2.76. The molecular weight excluding hydrogens is 419 g/mol. The highest BCUT2D eigenvalue weighted by Gasteiger charge is 2.19. The molecule has 3 rings (SSSR count). The quantitative estimate of drug-likeness (QED) is 0.607. The van der Waals surface area contributed by atoms with Crippen molar-refractivity contribution in [3.05, 3.63) is 58.1 Å². The summed E-state index contributed by atoms with van der Waals surface area (Å²) in [6, 6.07) is 13.5. The van der Waals surface area contributed by atoms with Crippen LogP contribution < -0.4 is 15.1 Å². The van der Waals surface area contributed by atoms with E-state index in [-0.39, 0.29) is 5.91 Å². The molecule has 1 aliphatic rings. The highest BCUT2D eigenvalue weighted by Crippen LogP contribution is 2.32. The molecule has 2 aromatic rings. The monoisotopic (exact) mass is 448 g/mol. The summed E-state index contributed by atoms with van der Waals surface area (Å²) in [4.78, 5) is 19.0. The van der Waals surface area contributed by atoms with Gasteiger partial charge in [0.15, 0.2) is 0 Å². The van der Waals surface area contributed by atoms with Crippen molar-refractivity contribution in [2.75, 3.05) is 63.2 Å². The second kappa shape index (κ2) is 10.9. The van der Waals surface area contributed by atoms with Crippen LogP contribution in [0.3, 0.4) is 0 Å². The molecule has 0 aliphatic carbocycles. The van der Waals surface area contributed by atoms with Crippen molar-refractivity contribution in [1.82, 2.24) is 10.2 Å². The van der Waals surface area contributed by atoms with Crippen LogP contribution >= 0.6 is 23.2 Å². The maximum Gasteiger partial charge on any atom is 0.251 e. The minimum Gasteiger partial charge on any atom is -0.378 e. The average molecular weight is 449 g/mol. The number of anilines is 2. The van der Waals surface area contributed by atoms with Gasteiger partial charge in [-0.1, -0.05) is 29.3 Å². The van der Waals surface area contributed by atoms with Crippen LogP contribution in [0.15, 0.2) is 42.5 Å². The van der Waals surface area contributed by atoms with Crippen LogP contribution in [-0.2, 0) is 0 Å². The molecule has 7 heteroatoms. The summed E-state index contributed by atoms with van der Waals surface area (Å²) < 4.78 is 0. The van der Waals surface area contributed by atoms with Gasteiger partial charge in [-0.2, -0.15) is 0 Å². The van der Waals surface area contributed by atoms with E-state index in [9.17, 15) is 4.79 Å². The number of hydrogen-bond donors (Lipinski definition) is 1. The number of unbranched alkanes of at least 4 members (excludes halogenated alkanes) is 1. The summed E-state index contributed by atoms with van der Waals surface area (Å²) in [6.07, 6.45) is 2.04. The van der Waals surface area contributed by atoms with Crippen molar-refractivity contribution < 1.29 is 4.79 Å². The van der Waals surface area contributed by atoms with Crippen molar-refractivity contribution in [2.24, 2.45) is 0 Å². The van der Waals surface area contributed by atoms with E-state index in [1.165, 1.54) is 0 Å². The number of nitrogens with one attached hydrogen (secondary N) is 1. The predicted molar refractivity (Wildman–Crippen MR) is 127 cm³/mol. The molecule has 0 unspecified atom stereocenters. The van der Waals surface area contributed by atoms with Gasteiger partial charge >= 0.3 is 0 Å². The zero-order chi connectivity index (χ0) is 21.5. The number of carbonyl (C=O) groups is 1. The minimum atomic E-state index is -0.00711. The number of nitrogens with zero attached hydrogens (tertiary/aromatic N) is 3. The number of benzene rings is 2. The number of rotatable bonds is 8. The Kier molecular flexibility index (Phi) is 8.25. The fourth-order valence-corrected chi connectivity index (χ4v) is 4.04. The maximum absolute atomic E-state index is 12.3. The van der Waals surface area contributed by atoms with E-state index in [4.69, 9.17) is 23.2 Å². The zero-order valence-electron chi connectivity index (χ0n) is 17.7. The first-order chi connectivity index (χ1) is 14.5. The van der Waals surface area contributed by atoms with E-state index in [0.29, 0.717) is 22.2 Å². The lowest BCUT2D eigenvalue weighted by atomic mass is 10.2. The lowest BCUT2D eigenvalue weighted by Crippen LogP contribution is -2.46. The van der Waals surface area contributed by atoms with Gasteiger partial charge in [0.1, 0.15) is 0 Å². The number of halogens is 2. The Balaban J connectivity index is 1.33. The second-order valence-electron chi connectivity index (χ2n) is 7.81. The molecule has 2 aromatic carbocycles. The molecule has 0 bridgehead atoms. The van der Waals surface area contributed by atoms with Crippen LogP contribution in [0.25, 0.3) is 0 Å². The van der Waals surface area contributed by atoms with Crippen LogP contribution in [0.5, 0.6) is 0 Å². The van der Waals surface area contributed by atoms with Gasteiger partial charge in [0, 0.05) is 58.1 Å². The van der Waals surface area contributed by atoms with Crippen LogP contribution in [0, 0.1) is 0 Å². The first-order valence-corrected chi connectivity index (χ1v) is 11.2. The normalized spacial score (nSPS) is 14.6. The van der Waals surface area contributed by atoms with Gasteiger partial charge in [-0.15, -0.1) is 0 Å². The third kappa shape index (κ3) is 6.03. The molecule has 0 aromatic heterocycles. The molecule has 1 heterocycles. The largest absolute Gasteiger partial charge is 0.378 e. The topological polar surface area (TPSA) is 38.8 Å². The SMILES string of the molecule is CN(C)c1ccc(C(=O)NCCCCN2CCN(c3cccc(Cl)c3Cl)CC2)cc1. The molecule has 5 nitrogen and oxygen atoms in total. The van der Waals surface area contributed by atoms with E-state index in [1.54, 1.807) is 0 Å². The van der Waals surface area contributed by atoms with Gasteiger partial charge < -0.3 is 15.1 Å². The summed E-state index contributed by atoms with van der Waals surface area (Å²) >= 11 is 12.5. The molecule has 30 heavy (non-hydrogen) atoms. The number of carbonyl (C=O) groups excluding carboxylic acids is 1. The Morgan fingerprint density at radius 2 is 1.70 bits per heavy atom. The Bertz CT molecular complexity index is 834. The van der Waals surface area contributed by atoms with Crippen LogP contribution in [0.2, 0.25) is 10.0 Å². The molecule has 1 aliphatic heterocycles. The Morgan fingerprint density at radius 1 is 1.00 bits per heavy atom. The van der Waals surface area contributed by atoms with E-state index >= 15 is 0 Å². The summed E-state index contributed by atoms with van der Waals surface area (Å²) in [7, 11) is 3.97. The van der Waals surface area contributed by atoms with Crippen molar-refractivity contribution in [3.63, 3.8) is 0 Å². The fourth-order valence-electron chi connectivity index (χ4n) is 3.62. The van der Waals surface area contributed by atoms with Gasteiger partial charge in [-0.25, -0.2) is 0 Å². The molecule has 0 atom stereocenters. The first-order valence-electron chi connectivity index (χ1n) is 10.4. The Morgan fingerprint density at radius 3 is 2.37 bits per heavy atom. The van der Waals surface area contributed by atoms with Crippen molar-refractivity contribution in [3.8, 4) is 0 Å². The third-order valence-corrected chi connectivity index (χ3v) is 6.29. The molecule has 1 saturated heterocycles. The zero-order valence-corrected chi connectivity index (χ0v) is 19.2. The predicted octanol–water partition coefficient (Wildman–Crippen LogP) is 4.39. The van der Waals surface area contributed by atoms with Crippen LogP contribution in [0.1, 0.15) is 23.2 Å². The standard InChI is InChI=1S/C23H30Cl2N4O/c1-27(2)19-10-8-18(9-11-19)23(30)26-12-3-4-13-28-14-16-29(17-15-28)21-7-5-6-20(24)22(21)25/h5-11H,3-4,12-17H2,1-2H3,(H,26,30). The second-order valence-corrected chi connectivity index (χ2v) is 8.59. The van der Waals surface area contributed by atoms with E-state index in [1.807, 2.05) is 61.5 Å². The van der Waals surface area contributed by atoms with Gasteiger partial charge in [0.2, 0.25) is 0 Å². The summed E-state index contributed by atoms with van der Waals surface area (Å²) in [5.74, 6) is -0.00711. The first kappa shape index (κ1) is 22.7. The molecular formula is C23H30Cl2N4O. The molecule has 162 valence electrons. The summed E-state index contributed by atoms with van der Waals surface area (Å²) in [6.45, 7) is 5.65. The van der Waals surface area contributed by atoms with Gasteiger partial charge in [-0.05, 0) is 55.8 Å². The highest BCUT2D eigenvalue weighted by molar-refractivity contribution is 6.43. The number of amides is 1. The Labute approximate surface area is 189 Å². The van der Waals surface area contributed by atoms with Crippen molar-refractivity contribution in [2.45, 2.75) is 12.8 Å².